The molecule has 1 saturated carbocycles. The molecule has 1 heterocycles. The van der Waals surface area contributed by atoms with Gasteiger partial charge in [-0.25, -0.2) is 4.68 Å². The van der Waals surface area contributed by atoms with E-state index in [1.165, 1.54) is 0 Å². The highest BCUT2D eigenvalue weighted by Gasteiger charge is 2.33. The topological polar surface area (TPSA) is 56.1 Å². The van der Waals surface area contributed by atoms with Crippen molar-refractivity contribution >= 4 is 5.91 Å². The van der Waals surface area contributed by atoms with E-state index in [-0.39, 0.29) is 18.1 Å². The Balaban J connectivity index is 1.52. The zero-order valence-corrected chi connectivity index (χ0v) is 17.1. The molecule has 2 aromatic carbocycles. The number of amides is 1. The van der Waals surface area contributed by atoms with E-state index in [0.717, 1.165) is 35.5 Å². The maximum Gasteiger partial charge on any atom is 0.255 e. The van der Waals surface area contributed by atoms with Gasteiger partial charge in [0.05, 0.1) is 35.3 Å². The summed E-state index contributed by atoms with van der Waals surface area (Å²) in [5.74, 6) is 1.16. The van der Waals surface area contributed by atoms with Crippen LogP contribution in [0.15, 0.2) is 60.8 Å². The molecule has 0 aliphatic heterocycles. The average molecular weight is 389 g/mol. The fourth-order valence-corrected chi connectivity index (χ4v) is 3.52. The van der Waals surface area contributed by atoms with Gasteiger partial charge >= 0.3 is 0 Å². The first-order chi connectivity index (χ1) is 14.0. The summed E-state index contributed by atoms with van der Waals surface area (Å²) in [6.07, 6.45) is 4.04. The molecule has 0 spiro atoms. The number of nitrogens with one attached hydrogen (secondary N) is 1. The van der Waals surface area contributed by atoms with E-state index in [4.69, 9.17) is 4.74 Å². The van der Waals surface area contributed by atoms with Crippen LogP contribution in [-0.2, 0) is 0 Å². The molecule has 3 aromatic rings. The number of para-hydroxylation sites is 1. The highest BCUT2D eigenvalue weighted by molar-refractivity contribution is 5.95. The summed E-state index contributed by atoms with van der Waals surface area (Å²) in [5.41, 5.74) is 3.71. The van der Waals surface area contributed by atoms with Gasteiger partial charge < -0.3 is 10.1 Å². The van der Waals surface area contributed by atoms with Gasteiger partial charge in [-0.3, -0.25) is 4.79 Å². The van der Waals surface area contributed by atoms with Crippen LogP contribution < -0.4 is 10.1 Å². The molecule has 5 nitrogen and oxygen atoms in total. The Bertz CT molecular complexity index is 973. The first kappa shape index (κ1) is 19.2. The molecule has 1 aliphatic carbocycles. The Kier molecular flexibility index (Phi) is 5.38. The fraction of sp³-hybridized carbons (Fsp3) is 0.333. The van der Waals surface area contributed by atoms with Crippen molar-refractivity contribution < 1.29 is 9.53 Å². The number of carbonyl (C=O) groups is 1. The zero-order valence-electron chi connectivity index (χ0n) is 17.1. The minimum atomic E-state index is -0.109. The van der Waals surface area contributed by atoms with Gasteiger partial charge in [-0.05, 0) is 63.4 Å². The number of rotatable bonds is 7. The van der Waals surface area contributed by atoms with Gasteiger partial charge in [0.1, 0.15) is 5.75 Å². The van der Waals surface area contributed by atoms with Crippen LogP contribution in [0.2, 0.25) is 0 Å². The number of carbonyl (C=O) groups excluding carboxylic acids is 1. The molecule has 1 atom stereocenters. The number of hydrogen-bond donors (Lipinski definition) is 1. The lowest BCUT2D eigenvalue weighted by molar-refractivity contribution is 0.0939. The van der Waals surface area contributed by atoms with Crippen molar-refractivity contribution in [3.63, 3.8) is 0 Å². The number of nitrogens with zero attached hydrogens (tertiary/aromatic N) is 2. The van der Waals surface area contributed by atoms with Crippen LogP contribution in [0.25, 0.3) is 5.69 Å². The largest absolute Gasteiger partial charge is 0.491 e. The van der Waals surface area contributed by atoms with Gasteiger partial charge in [0, 0.05) is 5.92 Å². The standard InChI is InChI=1S/C24H27N3O2/c1-16(2)29-21-13-11-18(12-14-21)17(3)26-24(28)22-15-25-27(23(22)19-9-10-19)20-7-5-4-6-8-20/h4-8,11-17,19H,9-10H2,1-3H3,(H,26,28). The highest BCUT2D eigenvalue weighted by atomic mass is 16.5. The predicted molar refractivity (Wildman–Crippen MR) is 114 cm³/mol. The molecule has 1 aromatic heterocycles. The Morgan fingerprint density at radius 1 is 1.07 bits per heavy atom. The quantitative estimate of drug-likeness (QED) is 0.617. The van der Waals surface area contributed by atoms with E-state index in [1.54, 1.807) is 6.20 Å². The van der Waals surface area contributed by atoms with Crippen molar-refractivity contribution in [1.82, 2.24) is 15.1 Å². The highest BCUT2D eigenvalue weighted by Crippen LogP contribution is 2.42. The molecule has 4 rings (SSSR count). The molecule has 5 heteroatoms. The Labute approximate surface area is 171 Å². The predicted octanol–water partition coefficient (Wildman–Crippen LogP) is 5.03. The molecule has 0 bridgehead atoms. The molecule has 150 valence electrons. The average Bonchev–Trinajstić information content (AvgIpc) is 3.46. The minimum Gasteiger partial charge on any atom is -0.491 e. The Morgan fingerprint density at radius 3 is 2.38 bits per heavy atom. The van der Waals surface area contributed by atoms with Crippen molar-refractivity contribution in [2.75, 3.05) is 0 Å². The summed E-state index contributed by atoms with van der Waals surface area (Å²) in [6, 6.07) is 17.8. The smallest absolute Gasteiger partial charge is 0.255 e. The number of hydrogen-bond acceptors (Lipinski definition) is 3. The molecule has 0 radical (unpaired) electrons. The SMILES string of the molecule is CC(C)Oc1ccc(C(C)NC(=O)c2cnn(-c3ccccc3)c2C2CC2)cc1. The normalized spacial score (nSPS) is 14.6. The van der Waals surface area contributed by atoms with Gasteiger partial charge in [-0.15, -0.1) is 0 Å². The Hall–Kier alpha value is -3.08. The van der Waals surface area contributed by atoms with Crippen molar-refractivity contribution in [1.29, 1.82) is 0 Å². The maximum absolute atomic E-state index is 13.0. The van der Waals surface area contributed by atoms with Crippen LogP contribution in [-0.4, -0.2) is 21.8 Å². The molecule has 0 saturated heterocycles. The molecule has 29 heavy (non-hydrogen) atoms. The van der Waals surface area contributed by atoms with Crippen LogP contribution in [0.3, 0.4) is 0 Å². The second-order valence-corrected chi connectivity index (χ2v) is 7.90. The fourth-order valence-electron chi connectivity index (χ4n) is 3.52. The van der Waals surface area contributed by atoms with Crippen LogP contribution >= 0.6 is 0 Å². The monoisotopic (exact) mass is 389 g/mol. The van der Waals surface area contributed by atoms with Crippen molar-refractivity contribution in [2.45, 2.75) is 51.7 Å². The van der Waals surface area contributed by atoms with Crippen LogP contribution in [0.1, 0.15) is 67.2 Å². The zero-order chi connectivity index (χ0) is 20.4. The van der Waals surface area contributed by atoms with Gasteiger partial charge in [0.15, 0.2) is 0 Å². The van der Waals surface area contributed by atoms with E-state index in [2.05, 4.69) is 10.4 Å². The van der Waals surface area contributed by atoms with Gasteiger partial charge in [0.25, 0.3) is 5.91 Å². The molecular weight excluding hydrogens is 362 g/mol. The number of ether oxygens (including phenoxy) is 1. The molecule has 1 unspecified atom stereocenters. The van der Waals surface area contributed by atoms with Crippen LogP contribution in [0.4, 0.5) is 0 Å². The van der Waals surface area contributed by atoms with Gasteiger partial charge in [-0.2, -0.15) is 5.10 Å². The molecule has 1 amide bonds. The van der Waals surface area contributed by atoms with E-state index < -0.39 is 0 Å². The number of benzene rings is 2. The van der Waals surface area contributed by atoms with Crippen LogP contribution in [0, 0.1) is 0 Å². The van der Waals surface area contributed by atoms with Crippen molar-refractivity contribution in [2.24, 2.45) is 0 Å². The second-order valence-electron chi connectivity index (χ2n) is 7.90. The maximum atomic E-state index is 13.0. The lowest BCUT2D eigenvalue weighted by Gasteiger charge is -2.16. The summed E-state index contributed by atoms with van der Waals surface area (Å²) >= 11 is 0. The van der Waals surface area contributed by atoms with E-state index in [9.17, 15) is 4.79 Å². The molecule has 1 fully saturated rings. The lowest BCUT2D eigenvalue weighted by atomic mass is 10.1. The second kappa shape index (κ2) is 8.11. The third-order valence-electron chi connectivity index (χ3n) is 5.12. The third-order valence-corrected chi connectivity index (χ3v) is 5.12. The number of aromatic nitrogens is 2. The summed E-state index contributed by atoms with van der Waals surface area (Å²) in [7, 11) is 0. The lowest BCUT2D eigenvalue weighted by Crippen LogP contribution is -2.27. The summed E-state index contributed by atoms with van der Waals surface area (Å²) in [6.45, 7) is 6.00. The first-order valence-electron chi connectivity index (χ1n) is 10.2. The van der Waals surface area contributed by atoms with Crippen molar-refractivity contribution in [3.05, 3.63) is 77.6 Å². The Morgan fingerprint density at radius 2 is 1.76 bits per heavy atom. The summed E-state index contributed by atoms with van der Waals surface area (Å²) < 4.78 is 7.61. The first-order valence-corrected chi connectivity index (χ1v) is 10.2. The van der Waals surface area contributed by atoms with E-state index in [1.807, 2.05) is 80.1 Å². The van der Waals surface area contributed by atoms with Gasteiger partial charge in [-0.1, -0.05) is 30.3 Å². The third kappa shape index (κ3) is 4.34. The van der Waals surface area contributed by atoms with E-state index >= 15 is 0 Å². The van der Waals surface area contributed by atoms with E-state index in [0.29, 0.717) is 11.5 Å². The molecule has 1 aliphatic rings. The van der Waals surface area contributed by atoms with Crippen molar-refractivity contribution in [3.8, 4) is 11.4 Å². The minimum absolute atomic E-state index is 0.0795. The van der Waals surface area contributed by atoms with Crippen LogP contribution in [0.5, 0.6) is 5.75 Å². The summed E-state index contributed by atoms with van der Waals surface area (Å²) in [5, 5.41) is 7.65. The molecular formula is C24H27N3O2. The molecule has 1 N–H and O–H groups in total. The summed E-state index contributed by atoms with van der Waals surface area (Å²) in [4.78, 5) is 13.0. The van der Waals surface area contributed by atoms with Gasteiger partial charge in [0.2, 0.25) is 0 Å².